The predicted octanol–water partition coefficient (Wildman–Crippen LogP) is 2.11. The minimum Gasteiger partial charge on any atom is -0.496 e. The van der Waals surface area contributed by atoms with Gasteiger partial charge in [0.1, 0.15) is 5.75 Å². The number of methoxy groups -OCH3 is 1. The van der Waals surface area contributed by atoms with Crippen molar-refractivity contribution >= 4 is 21.8 Å². The molecule has 2 N–H and O–H groups in total. The lowest BCUT2D eigenvalue weighted by molar-refractivity contribution is 0.0947. The van der Waals surface area contributed by atoms with Gasteiger partial charge >= 0.3 is 0 Å². The number of halogens is 1. The third kappa shape index (κ3) is 2.89. The molecule has 0 unspecified atom stereocenters. The number of imidazole rings is 1. The summed E-state index contributed by atoms with van der Waals surface area (Å²) in [6.07, 6.45) is 3.24. The van der Waals surface area contributed by atoms with Crippen LogP contribution >= 0.6 is 15.9 Å². The molecule has 0 radical (unpaired) electrons. The Bertz CT molecular complexity index is 540. The molecule has 18 heavy (non-hydrogen) atoms. The summed E-state index contributed by atoms with van der Waals surface area (Å²) in [6.45, 7) is 0.401. The van der Waals surface area contributed by atoms with Gasteiger partial charge in [0, 0.05) is 10.7 Å². The number of aromatic nitrogens is 2. The smallest absolute Gasteiger partial charge is 0.255 e. The average Bonchev–Trinajstić information content (AvgIpc) is 2.88. The number of carbonyl (C=O) groups excluding carboxylic acids is 1. The van der Waals surface area contributed by atoms with Gasteiger partial charge in [0.25, 0.3) is 5.91 Å². The van der Waals surface area contributed by atoms with E-state index in [-0.39, 0.29) is 5.91 Å². The summed E-state index contributed by atoms with van der Waals surface area (Å²) < 4.78 is 6.04. The summed E-state index contributed by atoms with van der Waals surface area (Å²) in [6, 6.07) is 5.27. The molecule has 0 aliphatic rings. The van der Waals surface area contributed by atoms with Gasteiger partial charge in [-0.1, -0.05) is 15.9 Å². The van der Waals surface area contributed by atoms with Crippen LogP contribution in [0, 0.1) is 0 Å². The first-order valence-electron chi connectivity index (χ1n) is 5.29. The monoisotopic (exact) mass is 309 g/mol. The van der Waals surface area contributed by atoms with Crippen LogP contribution in [-0.2, 0) is 6.54 Å². The van der Waals surface area contributed by atoms with Crippen LogP contribution in [0.5, 0.6) is 5.75 Å². The molecule has 1 heterocycles. The molecule has 0 saturated heterocycles. The van der Waals surface area contributed by atoms with Gasteiger partial charge in [0.15, 0.2) is 0 Å². The third-order valence-electron chi connectivity index (χ3n) is 2.40. The lowest BCUT2D eigenvalue weighted by Gasteiger charge is -2.09. The van der Waals surface area contributed by atoms with Crippen molar-refractivity contribution in [3.8, 4) is 5.75 Å². The Hall–Kier alpha value is -1.82. The number of H-pyrrole nitrogens is 1. The Kier molecular flexibility index (Phi) is 3.99. The van der Waals surface area contributed by atoms with Crippen molar-refractivity contribution in [3.05, 3.63) is 46.5 Å². The first-order chi connectivity index (χ1) is 8.70. The van der Waals surface area contributed by atoms with Crippen LogP contribution < -0.4 is 10.1 Å². The van der Waals surface area contributed by atoms with Crippen molar-refractivity contribution in [2.24, 2.45) is 0 Å². The number of carbonyl (C=O) groups is 1. The summed E-state index contributed by atoms with van der Waals surface area (Å²) in [5, 5.41) is 2.79. The maximum atomic E-state index is 12.0. The van der Waals surface area contributed by atoms with Crippen molar-refractivity contribution in [1.82, 2.24) is 15.3 Å². The molecule has 5 nitrogen and oxygen atoms in total. The summed E-state index contributed by atoms with van der Waals surface area (Å²) in [4.78, 5) is 18.8. The van der Waals surface area contributed by atoms with E-state index >= 15 is 0 Å². The maximum absolute atomic E-state index is 12.0. The number of hydrogen-bond donors (Lipinski definition) is 2. The van der Waals surface area contributed by atoms with Crippen molar-refractivity contribution in [3.63, 3.8) is 0 Å². The zero-order chi connectivity index (χ0) is 13.0. The van der Waals surface area contributed by atoms with E-state index in [2.05, 4.69) is 31.2 Å². The van der Waals surface area contributed by atoms with E-state index in [0.29, 0.717) is 17.9 Å². The number of nitrogens with one attached hydrogen (secondary N) is 2. The van der Waals surface area contributed by atoms with E-state index in [1.54, 1.807) is 30.7 Å². The fourth-order valence-electron chi connectivity index (χ4n) is 1.50. The normalized spacial score (nSPS) is 10.1. The fourth-order valence-corrected chi connectivity index (χ4v) is 1.84. The largest absolute Gasteiger partial charge is 0.496 e. The van der Waals surface area contributed by atoms with Gasteiger partial charge in [0.2, 0.25) is 0 Å². The molecule has 6 heteroatoms. The van der Waals surface area contributed by atoms with Gasteiger partial charge in [-0.2, -0.15) is 0 Å². The van der Waals surface area contributed by atoms with E-state index in [1.807, 2.05) is 0 Å². The first kappa shape index (κ1) is 12.6. The molecule has 2 rings (SSSR count). The highest BCUT2D eigenvalue weighted by Gasteiger charge is 2.12. The second-order valence-corrected chi connectivity index (χ2v) is 4.52. The number of amides is 1. The second-order valence-electron chi connectivity index (χ2n) is 3.60. The van der Waals surface area contributed by atoms with Crippen molar-refractivity contribution in [2.45, 2.75) is 6.54 Å². The SMILES string of the molecule is COc1cc(Br)ccc1C(=O)NCc1cnc[nH]1. The Morgan fingerprint density at radius 1 is 1.56 bits per heavy atom. The fraction of sp³-hybridized carbons (Fsp3) is 0.167. The predicted molar refractivity (Wildman–Crippen MR) is 70.5 cm³/mol. The molecular formula is C12H12BrN3O2. The minimum absolute atomic E-state index is 0.186. The number of aromatic amines is 1. The van der Waals surface area contributed by atoms with Gasteiger partial charge in [-0.15, -0.1) is 0 Å². The van der Waals surface area contributed by atoms with Crippen LogP contribution in [0.15, 0.2) is 35.2 Å². The molecule has 0 spiro atoms. The zero-order valence-corrected chi connectivity index (χ0v) is 11.3. The topological polar surface area (TPSA) is 67.0 Å². The molecule has 94 valence electrons. The highest BCUT2D eigenvalue weighted by Crippen LogP contribution is 2.23. The summed E-state index contributed by atoms with van der Waals surface area (Å²) in [5.74, 6) is 0.348. The maximum Gasteiger partial charge on any atom is 0.255 e. The van der Waals surface area contributed by atoms with Gasteiger partial charge < -0.3 is 15.0 Å². The van der Waals surface area contributed by atoms with E-state index < -0.39 is 0 Å². The zero-order valence-electron chi connectivity index (χ0n) is 9.74. The van der Waals surface area contributed by atoms with E-state index in [9.17, 15) is 4.79 Å². The molecule has 0 aliphatic carbocycles. The van der Waals surface area contributed by atoms with Crippen LogP contribution in [0.1, 0.15) is 16.1 Å². The van der Waals surface area contributed by atoms with Crippen molar-refractivity contribution in [1.29, 1.82) is 0 Å². The van der Waals surface area contributed by atoms with E-state index in [1.165, 1.54) is 7.11 Å². The lowest BCUT2D eigenvalue weighted by atomic mass is 10.2. The molecule has 0 fully saturated rings. The van der Waals surface area contributed by atoms with Gasteiger partial charge in [-0.3, -0.25) is 4.79 Å². The first-order valence-corrected chi connectivity index (χ1v) is 6.09. The molecule has 1 aromatic carbocycles. The van der Waals surface area contributed by atoms with Crippen LogP contribution in [0.4, 0.5) is 0 Å². The molecule has 0 atom stereocenters. The number of benzene rings is 1. The molecule has 0 saturated carbocycles. The van der Waals surface area contributed by atoms with Gasteiger partial charge in [0.05, 0.1) is 31.2 Å². The Morgan fingerprint density at radius 2 is 2.39 bits per heavy atom. The number of hydrogen-bond acceptors (Lipinski definition) is 3. The molecule has 1 amide bonds. The van der Waals surface area contributed by atoms with Crippen LogP contribution in [-0.4, -0.2) is 23.0 Å². The van der Waals surface area contributed by atoms with Crippen LogP contribution in [0.25, 0.3) is 0 Å². The van der Waals surface area contributed by atoms with Crippen LogP contribution in [0.2, 0.25) is 0 Å². The summed E-state index contributed by atoms with van der Waals surface area (Å²) in [7, 11) is 1.54. The number of ether oxygens (including phenoxy) is 1. The molecule has 0 bridgehead atoms. The van der Waals surface area contributed by atoms with Crippen molar-refractivity contribution < 1.29 is 9.53 Å². The third-order valence-corrected chi connectivity index (χ3v) is 2.90. The van der Waals surface area contributed by atoms with Crippen LogP contribution in [0.3, 0.4) is 0 Å². The Balaban J connectivity index is 2.09. The van der Waals surface area contributed by atoms with Gasteiger partial charge in [-0.05, 0) is 18.2 Å². The quantitative estimate of drug-likeness (QED) is 0.909. The Morgan fingerprint density at radius 3 is 3.06 bits per heavy atom. The second kappa shape index (κ2) is 5.68. The minimum atomic E-state index is -0.186. The molecule has 0 aliphatic heterocycles. The summed E-state index contributed by atoms with van der Waals surface area (Å²) in [5.41, 5.74) is 1.35. The lowest BCUT2D eigenvalue weighted by Crippen LogP contribution is -2.23. The standard InChI is InChI=1S/C12H12BrN3O2/c1-18-11-4-8(13)2-3-10(11)12(17)15-6-9-5-14-7-16-9/h2-5,7H,6H2,1H3,(H,14,16)(H,15,17). The summed E-state index contributed by atoms with van der Waals surface area (Å²) >= 11 is 3.33. The Labute approximate surface area is 113 Å². The molecule has 2 aromatic rings. The molecule has 1 aromatic heterocycles. The van der Waals surface area contributed by atoms with E-state index in [0.717, 1.165) is 10.2 Å². The highest BCUT2D eigenvalue weighted by molar-refractivity contribution is 9.10. The number of nitrogens with zero attached hydrogens (tertiary/aromatic N) is 1. The van der Waals surface area contributed by atoms with E-state index in [4.69, 9.17) is 4.74 Å². The number of rotatable bonds is 4. The molecular weight excluding hydrogens is 298 g/mol. The average molecular weight is 310 g/mol. The van der Waals surface area contributed by atoms with Gasteiger partial charge in [-0.25, -0.2) is 4.98 Å². The van der Waals surface area contributed by atoms with Crippen molar-refractivity contribution in [2.75, 3.05) is 7.11 Å². The highest BCUT2D eigenvalue weighted by atomic mass is 79.9.